The normalized spacial score (nSPS) is 19.8. The van der Waals surface area contributed by atoms with Crippen molar-refractivity contribution in [2.45, 2.75) is 117 Å². The van der Waals surface area contributed by atoms with Gasteiger partial charge in [-0.25, -0.2) is 0 Å². The Morgan fingerprint density at radius 3 is 2.22 bits per heavy atom. The quantitative estimate of drug-likeness (QED) is 0.293. The molecule has 0 N–H and O–H groups in total. The number of hydrogen-bond acceptors (Lipinski definition) is 0. The summed E-state index contributed by atoms with van der Waals surface area (Å²) in [5.74, 6) is 2.58. The third-order valence-electron chi connectivity index (χ3n) is 8.03. The Bertz CT molecular complexity index is 793. The van der Waals surface area contributed by atoms with Crippen molar-refractivity contribution in [2.24, 2.45) is 11.8 Å². The molecule has 3 rings (SSSR count). The van der Waals surface area contributed by atoms with Crippen molar-refractivity contribution >= 4 is 0 Å². The highest BCUT2D eigenvalue weighted by atomic mass is 14.3. The Hall–Kier alpha value is -1.56. The number of aryl methyl sites for hydroxylation is 3. The molecule has 0 heterocycles. The smallest absolute Gasteiger partial charge is 0.0162 e. The molecule has 0 spiro atoms. The molecule has 0 bridgehead atoms. The van der Waals surface area contributed by atoms with Gasteiger partial charge in [0.05, 0.1) is 0 Å². The molecule has 1 aliphatic carbocycles. The van der Waals surface area contributed by atoms with Crippen LogP contribution in [0.25, 0.3) is 0 Å². The molecule has 1 fully saturated rings. The molecule has 32 heavy (non-hydrogen) atoms. The molecule has 0 aliphatic heterocycles. The van der Waals surface area contributed by atoms with E-state index in [1.807, 2.05) is 0 Å². The van der Waals surface area contributed by atoms with Crippen LogP contribution in [0.2, 0.25) is 0 Å². The van der Waals surface area contributed by atoms with Crippen LogP contribution in [-0.4, -0.2) is 0 Å². The molecule has 1 atom stereocenters. The lowest BCUT2D eigenvalue weighted by molar-refractivity contribution is 0.302. The molecule has 0 saturated heterocycles. The largest absolute Gasteiger partial charge is 0.0654 e. The topological polar surface area (TPSA) is 0 Å². The predicted molar refractivity (Wildman–Crippen MR) is 142 cm³/mol. The van der Waals surface area contributed by atoms with Gasteiger partial charge in [-0.15, -0.1) is 0 Å². The highest BCUT2D eigenvalue weighted by Gasteiger charge is 2.22. The molecule has 1 saturated carbocycles. The fourth-order valence-electron chi connectivity index (χ4n) is 5.96. The van der Waals surface area contributed by atoms with Crippen molar-refractivity contribution in [1.82, 2.24) is 0 Å². The Balaban J connectivity index is 1.54. The lowest BCUT2D eigenvalue weighted by Gasteiger charge is -2.29. The van der Waals surface area contributed by atoms with E-state index in [1.165, 1.54) is 76.2 Å². The molecule has 0 nitrogen and oxygen atoms in total. The van der Waals surface area contributed by atoms with E-state index in [4.69, 9.17) is 0 Å². The average Bonchev–Trinajstić information content (AvgIpc) is 2.80. The van der Waals surface area contributed by atoms with E-state index in [-0.39, 0.29) is 0 Å². The molecule has 0 aromatic heterocycles. The van der Waals surface area contributed by atoms with Crippen molar-refractivity contribution < 1.29 is 0 Å². The van der Waals surface area contributed by atoms with E-state index in [0.717, 1.165) is 30.6 Å². The molecule has 2 aromatic carbocycles. The van der Waals surface area contributed by atoms with Gasteiger partial charge in [-0.1, -0.05) is 102 Å². The maximum Gasteiger partial charge on any atom is -0.0162 e. The van der Waals surface area contributed by atoms with Gasteiger partial charge in [0, 0.05) is 0 Å². The van der Waals surface area contributed by atoms with Crippen LogP contribution in [0, 0.1) is 18.8 Å². The van der Waals surface area contributed by atoms with E-state index in [1.54, 1.807) is 22.3 Å². The third kappa shape index (κ3) is 7.50. The number of benzene rings is 2. The van der Waals surface area contributed by atoms with Crippen molar-refractivity contribution in [1.29, 1.82) is 0 Å². The van der Waals surface area contributed by atoms with Crippen LogP contribution in [-0.2, 0) is 19.3 Å². The first-order valence-corrected chi connectivity index (χ1v) is 13.8. The molecular formula is C32H48. The van der Waals surface area contributed by atoms with Gasteiger partial charge in [0.2, 0.25) is 0 Å². The zero-order valence-corrected chi connectivity index (χ0v) is 21.5. The van der Waals surface area contributed by atoms with Crippen molar-refractivity contribution in [3.8, 4) is 0 Å². The van der Waals surface area contributed by atoms with Gasteiger partial charge >= 0.3 is 0 Å². The van der Waals surface area contributed by atoms with Crippen LogP contribution in [0.1, 0.15) is 119 Å². The second-order valence-electron chi connectivity index (χ2n) is 10.8. The second-order valence-corrected chi connectivity index (χ2v) is 10.8. The van der Waals surface area contributed by atoms with Gasteiger partial charge in [0.15, 0.2) is 0 Å². The highest BCUT2D eigenvalue weighted by Crippen LogP contribution is 2.38. The van der Waals surface area contributed by atoms with Gasteiger partial charge in [0.1, 0.15) is 0 Å². The molecule has 1 unspecified atom stereocenters. The fourth-order valence-corrected chi connectivity index (χ4v) is 5.96. The average molecular weight is 433 g/mol. The van der Waals surface area contributed by atoms with E-state index < -0.39 is 0 Å². The van der Waals surface area contributed by atoms with Crippen LogP contribution in [0.4, 0.5) is 0 Å². The number of unbranched alkanes of at least 4 members (excludes halogenated alkanes) is 2. The Morgan fingerprint density at radius 1 is 0.812 bits per heavy atom. The fraction of sp³-hybridized carbons (Fsp3) is 0.625. The summed E-state index contributed by atoms with van der Waals surface area (Å²) in [5.41, 5.74) is 7.77. The van der Waals surface area contributed by atoms with Gasteiger partial charge in [-0.05, 0) is 97.4 Å². The lowest BCUT2D eigenvalue weighted by Crippen LogP contribution is -2.13. The molecule has 0 radical (unpaired) electrons. The maximum absolute atomic E-state index is 2.52. The first-order valence-electron chi connectivity index (χ1n) is 13.8. The van der Waals surface area contributed by atoms with Crippen molar-refractivity contribution in [3.63, 3.8) is 0 Å². The summed E-state index contributed by atoms with van der Waals surface area (Å²) in [6.07, 6.45) is 17.6. The highest BCUT2D eigenvalue weighted by molar-refractivity contribution is 5.35. The minimum absolute atomic E-state index is 0.781. The van der Waals surface area contributed by atoms with Crippen LogP contribution < -0.4 is 0 Å². The summed E-state index contributed by atoms with van der Waals surface area (Å²) in [7, 11) is 0. The zero-order chi connectivity index (χ0) is 22.8. The van der Waals surface area contributed by atoms with Gasteiger partial charge < -0.3 is 0 Å². The predicted octanol–water partition coefficient (Wildman–Crippen LogP) is 9.61. The lowest BCUT2D eigenvalue weighted by atomic mass is 9.76. The Labute approximate surface area is 199 Å². The summed E-state index contributed by atoms with van der Waals surface area (Å²) >= 11 is 0. The minimum atomic E-state index is 0.781. The van der Waals surface area contributed by atoms with E-state index in [9.17, 15) is 0 Å². The minimum Gasteiger partial charge on any atom is -0.0654 e. The first kappa shape index (κ1) is 25.1. The van der Waals surface area contributed by atoms with E-state index in [0.29, 0.717) is 0 Å². The first-order chi connectivity index (χ1) is 15.6. The van der Waals surface area contributed by atoms with Crippen LogP contribution in [0.15, 0.2) is 42.5 Å². The number of rotatable bonds is 12. The molecular weight excluding hydrogens is 384 g/mol. The Kier molecular flexibility index (Phi) is 10.4. The standard InChI is InChI=1S/C32H48/c1-5-7-8-12-27-15-17-30(18-16-27)32-22-20-28(26(4)24-32)19-21-29-13-9-10-14-31(29)23-25(3)11-6-2/h9-10,13-14,20,22,24-25,27,30H,5-8,11-12,15-19,21,23H2,1-4H3. The SMILES string of the molecule is CCCCCC1CCC(c2ccc(CCc3ccccc3CC(C)CCC)c(C)c2)CC1. The summed E-state index contributed by atoms with van der Waals surface area (Å²) in [6.45, 7) is 9.36. The van der Waals surface area contributed by atoms with Gasteiger partial charge in [-0.3, -0.25) is 0 Å². The third-order valence-corrected chi connectivity index (χ3v) is 8.03. The summed E-state index contributed by atoms with van der Waals surface area (Å²) < 4.78 is 0. The van der Waals surface area contributed by atoms with E-state index in [2.05, 4.69) is 70.2 Å². The van der Waals surface area contributed by atoms with Crippen LogP contribution >= 0.6 is 0 Å². The van der Waals surface area contributed by atoms with Crippen LogP contribution in [0.3, 0.4) is 0 Å². The maximum atomic E-state index is 2.52. The molecule has 176 valence electrons. The monoisotopic (exact) mass is 432 g/mol. The van der Waals surface area contributed by atoms with Gasteiger partial charge in [0.25, 0.3) is 0 Å². The zero-order valence-electron chi connectivity index (χ0n) is 21.5. The molecule has 0 heteroatoms. The van der Waals surface area contributed by atoms with Crippen molar-refractivity contribution in [3.05, 3.63) is 70.3 Å². The second kappa shape index (κ2) is 13.2. The van der Waals surface area contributed by atoms with Gasteiger partial charge in [-0.2, -0.15) is 0 Å². The Morgan fingerprint density at radius 2 is 1.53 bits per heavy atom. The summed E-state index contributed by atoms with van der Waals surface area (Å²) in [4.78, 5) is 0. The molecule has 2 aromatic rings. The summed E-state index contributed by atoms with van der Waals surface area (Å²) in [6, 6.07) is 16.6. The number of hydrogen-bond donors (Lipinski definition) is 0. The van der Waals surface area contributed by atoms with E-state index >= 15 is 0 Å². The molecule has 0 amide bonds. The summed E-state index contributed by atoms with van der Waals surface area (Å²) in [5, 5.41) is 0. The van der Waals surface area contributed by atoms with Crippen LogP contribution in [0.5, 0.6) is 0 Å². The molecule has 1 aliphatic rings. The van der Waals surface area contributed by atoms with Crippen molar-refractivity contribution in [2.75, 3.05) is 0 Å².